The molecule has 0 saturated carbocycles. The lowest BCUT2D eigenvalue weighted by Crippen LogP contribution is -2.47. The van der Waals surface area contributed by atoms with Gasteiger partial charge >= 0.3 is 12.1 Å². The van der Waals surface area contributed by atoms with Gasteiger partial charge in [0.1, 0.15) is 0 Å². The van der Waals surface area contributed by atoms with Crippen molar-refractivity contribution >= 4 is 11.8 Å². The predicted molar refractivity (Wildman–Crippen MR) is 58.6 cm³/mol. The lowest BCUT2D eigenvalue weighted by Gasteiger charge is -2.31. The Kier molecular flexibility index (Phi) is 4.75. The molecule has 1 fully saturated rings. The molecule has 0 bridgehead atoms. The zero-order chi connectivity index (χ0) is 13.8. The second kappa shape index (κ2) is 5.88. The SMILES string of the molecule is C=CCNC(=O)C1CCN(C(=O)C(F)(F)F)CC1. The fourth-order valence-corrected chi connectivity index (χ4v) is 1.84. The highest BCUT2D eigenvalue weighted by Crippen LogP contribution is 2.23. The first-order valence-corrected chi connectivity index (χ1v) is 5.61. The third-order valence-corrected chi connectivity index (χ3v) is 2.82. The first-order chi connectivity index (χ1) is 8.36. The number of alkyl halides is 3. The smallest absolute Gasteiger partial charge is 0.352 e. The zero-order valence-electron chi connectivity index (χ0n) is 9.79. The van der Waals surface area contributed by atoms with Crippen molar-refractivity contribution < 1.29 is 22.8 Å². The average Bonchev–Trinajstić information content (AvgIpc) is 2.34. The molecule has 2 amide bonds. The van der Waals surface area contributed by atoms with E-state index in [1.165, 1.54) is 6.08 Å². The minimum Gasteiger partial charge on any atom is -0.352 e. The van der Waals surface area contributed by atoms with Crippen molar-refractivity contribution in [2.45, 2.75) is 19.0 Å². The molecule has 0 spiro atoms. The number of piperidine rings is 1. The molecule has 0 aromatic carbocycles. The molecule has 1 aliphatic heterocycles. The van der Waals surface area contributed by atoms with Gasteiger partial charge in [0, 0.05) is 25.6 Å². The topological polar surface area (TPSA) is 49.4 Å². The van der Waals surface area contributed by atoms with Crippen LogP contribution in [0.3, 0.4) is 0 Å². The highest BCUT2D eigenvalue weighted by atomic mass is 19.4. The van der Waals surface area contributed by atoms with Gasteiger partial charge < -0.3 is 10.2 Å². The molecule has 1 N–H and O–H groups in total. The summed E-state index contributed by atoms with van der Waals surface area (Å²) in [4.78, 5) is 23.2. The third-order valence-electron chi connectivity index (χ3n) is 2.82. The van der Waals surface area contributed by atoms with E-state index in [1.807, 2.05) is 0 Å². The number of likely N-dealkylation sites (tertiary alicyclic amines) is 1. The average molecular weight is 264 g/mol. The van der Waals surface area contributed by atoms with Crippen molar-refractivity contribution in [3.05, 3.63) is 12.7 Å². The molecule has 0 radical (unpaired) electrons. The van der Waals surface area contributed by atoms with Crippen LogP contribution in [0.5, 0.6) is 0 Å². The molecule has 18 heavy (non-hydrogen) atoms. The zero-order valence-corrected chi connectivity index (χ0v) is 9.79. The molecule has 0 unspecified atom stereocenters. The van der Waals surface area contributed by atoms with Crippen LogP contribution in [0.4, 0.5) is 13.2 Å². The largest absolute Gasteiger partial charge is 0.471 e. The Labute approximate surface area is 103 Å². The van der Waals surface area contributed by atoms with E-state index in [0.717, 1.165) is 4.90 Å². The monoisotopic (exact) mass is 264 g/mol. The third kappa shape index (κ3) is 3.75. The van der Waals surface area contributed by atoms with E-state index in [1.54, 1.807) is 0 Å². The first kappa shape index (κ1) is 14.5. The number of rotatable bonds is 3. The normalized spacial score (nSPS) is 17.4. The summed E-state index contributed by atoms with van der Waals surface area (Å²) in [6.45, 7) is 3.71. The number of hydrogen-bond donors (Lipinski definition) is 1. The van der Waals surface area contributed by atoms with Gasteiger partial charge in [-0.25, -0.2) is 0 Å². The summed E-state index contributed by atoms with van der Waals surface area (Å²) in [7, 11) is 0. The highest BCUT2D eigenvalue weighted by Gasteiger charge is 2.43. The molecule has 1 saturated heterocycles. The Morgan fingerprint density at radius 1 is 1.33 bits per heavy atom. The van der Waals surface area contributed by atoms with E-state index in [4.69, 9.17) is 0 Å². The molecular weight excluding hydrogens is 249 g/mol. The van der Waals surface area contributed by atoms with Crippen molar-refractivity contribution in [3.63, 3.8) is 0 Å². The van der Waals surface area contributed by atoms with Crippen molar-refractivity contribution in [1.29, 1.82) is 0 Å². The Balaban J connectivity index is 2.44. The fraction of sp³-hybridized carbons (Fsp3) is 0.636. The number of hydrogen-bond acceptors (Lipinski definition) is 2. The standard InChI is InChI=1S/C11H15F3N2O2/c1-2-5-15-9(17)8-3-6-16(7-4-8)10(18)11(12,13)14/h2,8H,1,3-7H2,(H,15,17). The van der Waals surface area contributed by atoms with Crippen LogP contribution in [0.1, 0.15) is 12.8 Å². The van der Waals surface area contributed by atoms with Crippen molar-refractivity contribution in [2.75, 3.05) is 19.6 Å². The van der Waals surface area contributed by atoms with Gasteiger partial charge in [-0.2, -0.15) is 13.2 Å². The molecule has 1 rings (SSSR count). The Morgan fingerprint density at radius 2 is 1.89 bits per heavy atom. The van der Waals surface area contributed by atoms with Crippen molar-refractivity contribution in [2.24, 2.45) is 5.92 Å². The van der Waals surface area contributed by atoms with Crippen LogP contribution in [0, 0.1) is 5.92 Å². The first-order valence-electron chi connectivity index (χ1n) is 5.61. The Hall–Kier alpha value is -1.53. The summed E-state index contributed by atoms with van der Waals surface area (Å²) in [5.74, 6) is -2.36. The molecule has 0 aromatic rings. The lowest BCUT2D eigenvalue weighted by atomic mass is 9.96. The molecule has 4 nitrogen and oxygen atoms in total. The maximum absolute atomic E-state index is 12.2. The van der Waals surface area contributed by atoms with E-state index in [-0.39, 0.29) is 37.8 Å². The summed E-state index contributed by atoms with van der Waals surface area (Å²) >= 11 is 0. The van der Waals surface area contributed by atoms with Gasteiger partial charge in [0.2, 0.25) is 5.91 Å². The fourth-order valence-electron chi connectivity index (χ4n) is 1.84. The molecular formula is C11H15F3N2O2. The van der Waals surface area contributed by atoms with Crippen LogP contribution in [0.2, 0.25) is 0 Å². The van der Waals surface area contributed by atoms with E-state index >= 15 is 0 Å². The number of halogens is 3. The summed E-state index contributed by atoms with van der Waals surface area (Å²) in [5.41, 5.74) is 0. The Bertz CT molecular complexity index is 334. The van der Waals surface area contributed by atoms with E-state index in [0.29, 0.717) is 6.54 Å². The van der Waals surface area contributed by atoms with Gasteiger partial charge in [-0.15, -0.1) is 6.58 Å². The summed E-state index contributed by atoms with van der Waals surface area (Å²) in [6.07, 6.45) is -2.80. The van der Waals surface area contributed by atoms with Crippen LogP contribution in [0.15, 0.2) is 12.7 Å². The van der Waals surface area contributed by atoms with Crippen LogP contribution in [-0.4, -0.2) is 42.5 Å². The maximum atomic E-state index is 12.2. The highest BCUT2D eigenvalue weighted by molar-refractivity contribution is 5.83. The van der Waals surface area contributed by atoms with Crippen LogP contribution in [0.25, 0.3) is 0 Å². The van der Waals surface area contributed by atoms with Gasteiger partial charge in [-0.05, 0) is 12.8 Å². The molecule has 7 heteroatoms. The van der Waals surface area contributed by atoms with Gasteiger partial charge in [0.05, 0.1) is 0 Å². The van der Waals surface area contributed by atoms with Gasteiger partial charge in [0.25, 0.3) is 0 Å². The maximum Gasteiger partial charge on any atom is 0.471 e. The predicted octanol–water partition coefficient (Wildman–Crippen LogP) is 1.09. The van der Waals surface area contributed by atoms with Gasteiger partial charge in [-0.3, -0.25) is 9.59 Å². The molecule has 0 atom stereocenters. The molecule has 1 heterocycles. The number of carbonyl (C=O) groups excluding carboxylic acids is 2. The quantitative estimate of drug-likeness (QED) is 0.776. The minimum absolute atomic E-state index is 0.0372. The second-order valence-corrected chi connectivity index (χ2v) is 4.10. The van der Waals surface area contributed by atoms with Crippen molar-refractivity contribution in [3.8, 4) is 0 Å². The summed E-state index contributed by atoms with van der Waals surface area (Å²) < 4.78 is 36.5. The summed E-state index contributed by atoms with van der Waals surface area (Å²) in [5, 5.41) is 2.59. The van der Waals surface area contributed by atoms with Crippen LogP contribution < -0.4 is 5.32 Å². The van der Waals surface area contributed by atoms with Crippen LogP contribution in [-0.2, 0) is 9.59 Å². The number of amides is 2. The lowest BCUT2D eigenvalue weighted by molar-refractivity contribution is -0.186. The van der Waals surface area contributed by atoms with Gasteiger partial charge in [-0.1, -0.05) is 6.08 Å². The van der Waals surface area contributed by atoms with E-state index in [9.17, 15) is 22.8 Å². The molecule has 0 aliphatic carbocycles. The van der Waals surface area contributed by atoms with E-state index in [2.05, 4.69) is 11.9 Å². The van der Waals surface area contributed by atoms with Crippen LogP contribution >= 0.6 is 0 Å². The molecule has 1 aliphatic rings. The molecule has 102 valence electrons. The van der Waals surface area contributed by atoms with E-state index < -0.39 is 12.1 Å². The molecule has 0 aromatic heterocycles. The summed E-state index contributed by atoms with van der Waals surface area (Å²) in [6, 6.07) is 0. The second-order valence-electron chi connectivity index (χ2n) is 4.10. The number of nitrogens with zero attached hydrogens (tertiary/aromatic N) is 1. The number of nitrogens with one attached hydrogen (secondary N) is 1. The number of carbonyl (C=O) groups is 2. The van der Waals surface area contributed by atoms with Crippen molar-refractivity contribution in [1.82, 2.24) is 10.2 Å². The Morgan fingerprint density at radius 3 is 2.33 bits per heavy atom. The minimum atomic E-state index is -4.84. The van der Waals surface area contributed by atoms with Gasteiger partial charge in [0.15, 0.2) is 0 Å².